The van der Waals surface area contributed by atoms with Crippen molar-refractivity contribution in [2.45, 2.75) is 37.9 Å². The van der Waals surface area contributed by atoms with Gasteiger partial charge in [-0.05, 0) is 19.9 Å². The summed E-state index contributed by atoms with van der Waals surface area (Å²) >= 11 is 0. The lowest BCUT2D eigenvalue weighted by atomic mass is 10.1. The van der Waals surface area contributed by atoms with E-state index in [9.17, 15) is 5.11 Å². The lowest BCUT2D eigenvalue weighted by Crippen LogP contribution is -2.39. The van der Waals surface area contributed by atoms with E-state index < -0.39 is 11.9 Å². The number of aliphatic hydroxyl groups is 1. The van der Waals surface area contributed by atoms with Gasteiger partial charge >= 0.3 is 0 Å². The molecule has 6 heteroatoms. The maximum absolute atomic E-state index is 10.1. The van der Waals surface area contributed by atoms with E-state index in [0.717, 1.165) is 32.1 Å². The minimum absolute atomic E-state index is 0.224. The van der Waals surface area contributed by atoms with Gasteiger partial charge in [-0.1, -0.05) is 0 Å². The number of hydrogen-bond donors (Lipinski definition) is 1. The zero-order valence-corrected chi connectivity index (χ0v) is 12.1. The molecule has 0 aromatic carbocycles. The minimum atomic E-state index is -0.631. The molecule has 0 amide bonds. The SMILES string of the molecule is CC1(C)OC[C@H]([C@H]2OC(CN3CCOCC3)=C[C@H]2O)O1. The summed E-state index contributed by atoms with van der Waals surface area (Å²) in [6.07, 6.45) is 0.564. The van der Waals surface area contributed by atoms with Crippen LogP contribution in [0.5, 0.6) is 0 Å². The summed E-state index contributed by atoms with van der Waals surface area (Å²) in [5.74, 6) is 0.221. The van der Waals surface area contributed by atoms with E-state index in [2.05, 4.69) is 4.90 Å². The topological polar surface area (TPSA) is 60.4 Å². The van der Waals surface area contributed by atoms with Crippen LogP contribution in [0.4, 0.5) is 0 Å². The first-order valence-corrected chi connectivity index (χ1v) is 7.21. The fraction of sp³-hybridized carbons (Fsp3) is 0.857. The minimum Gasteiger partial charge on any atom is -0.488 e. The molecule has 20 heavy (non-hydrogen) atoms. The normalized spacial score (nSPS) is 37.8. The van der Waals surface area contributed by atoms with Crippen molar-refractivity contribution in [3.8, 4) is 0 Å². The molecule has 3 aliphatic heterocycles. The van der Waals surface area contributed by atoms with E-state index >= 15 is 0 Å². The van der Waals surface area contributed by atoms with Crippen molar-refractivity contribution in [3.05, 3.63) is 11.8 Å². The van der Waals surface area contributed by atoms with Gasteiger partial charge in [0.1, 0.15) is 18.0 Å². The van der Waals surface area contributed by atoms with Crippen LogP contribution in [0.2, 0.25) is 0 Å². The molecule has 0 bridgehead atoms. The second-order valence-corrected chi connectivity index (χ2v) is 5.96. The van der Waals surface area contributed by atoms with Gasteiger partial charge in [-0.25, -0.2) is 0 Å². The van der Waals surface area contributed by atoms with Crippen LogP contribution in [-0.4, -0.2) is 73.6 Å². The Bertz CT molecular complexity index is 378. The van der Waals surface area contributed by atoms with E-state index in [1.54, 1.807) is 6.08 Å². The molecule has 2 saturated heterocycles. The van der Waals surface area contributed by atoms with Gasteiger partial charge in [0.2, 0.25) is 0 Å². The van der Waals surface area contributed by atoms with Gasteiger partial charge < -0.3 is 24.1 Å². The molecule has 3 atom stereocenters. The van der Waals surface area contributed by atoms with Gasteiger partial charge in [0.05, 0.1) is 26.4 Å². The van der Waals surface area contributed by atoms with Gasteiger partial charge in [0.15, 0.2) is 11.9 Å². The largest absolute Gasteiger partial charge is 0.488 e. The summed E-state index contributed by atoms with van der Waals surface area (Å²) in [6.45, 7) is 8.23. The predicted molar refractivity (Wildman–Crippen MR) is 71.1 cm³/mol. The number of hydrogen-bond acceptors (Lipinski definition) is 6. The molecular formula is C14H23NO5. The van der Waals surface area contributed by atoms with Crippen molar-refractivity contribution in [3.63, 3.8) is 0 Å². The molecule has 0 aliphatic carbocycles. The third-order valence-electron chi connectivity index (χ3n) is 3.86. The van der Waals surface area contributed by atoms with Crippen LogP contribution in [0.25, 0.3) is 0 Å². The quantitative estimate of drug-likeness (QED) is 0.794. The van der Waals surface area contributed by atoms with Crippen LogP contribution < -0.4 is 0 Å². The van der Waals surface area contributed by atoms with Crippen LogP contribution in [0.15, 0.2) is 11.8 Å². The Morgan fingerprint density at radius 2 is 2.10 bits per heavy atom. The maximum atomic E-state index is 10.1. The summed E-state index contributed by atoms with van der Waals surface area (Å²) in [7, 11) is 0. The second-order valence-electron chi connectivity index (χ2n) is 5.96. The summed E-state index contributed by atoms with van der Waals surface area (Å²) in [4.78, 5) is 2.26. The Morgan fingerprint density at radius 3 is 2.75 bits per heavy atom. The highest BCUT2D eigenvalue weighted by Gasteiger charge is 2.43. The van der Waals surface area contributed by atoms with Crippen molar-refractivity contribution in [2.24, 2.45) is 0 Å². The molecule has 0 aromatic heterocycles. The van der Waals surface area contributed by atoms with Gasteiger partial charge in [0.25, 0.3) is 0 Å². The first-order valence-electron chi connectivity index (χ1n) is 7.21. The molecule has 2 fully saturated rings. The molecular weight excluding hydrogens is 262 g/mol. The fourth-order valence-corrected chi connectivity index (χ4v) is 2.81. The summed E-state index contributed by atoms with van der Waals surface area (Å²) in [5, 5.41) is 10.1. The van der Waals surface area contributed by atoms with Crippen molar-refractivity contribution < 1.29 is 24.1 Å². The van der Waals surface area contributed by atoms with E-state index in [4.69, 9.17) is 18.9 Å². The molecule has 3 heterocycles. The van der Waals surface area contributed by atoms with Crippen LogP contribution in [0.1, 0.15) is 13.8 Å². The van der Waals surface area contributed by atoms with Gasteiger partial charge in [0, 0.05) is 13.1 Å². The summed E-state index contributed by atoms with van der Waals surface area (Å²) < 4.78 is 22.5. The van der Waals surface area contributed by atoms with E-state index in [-0.39, 0.29) is 12.2 Å². The van der Waals surface area contributed by atoms with Crippen molar-refractivity contribution in [2.75, 3.05) is 39.5 Å². The predicted octanol–water partition coefficient (Wildman–Crippen LogP) is 0.114. The number of rotatable bonds is 3. The zero-order valence-electron chi connectivity index (χ0n) is 12.1. The Labute approximate surface area is 119 Å². The van der Waals surface area contributed by atoms with Crippen molar-refractivity contribution >= 4 is 0 Å². The molecule has 1 N–H and O–H groups in total. The number of aliphatic hydroxyl groups excluding tert-OH is 1. The number of ether oxygens (including phenoxy) is 4. The Kier molecular flexibility index (Phi) is 4.01. The lowest BCUT2D eigenvalue weighted by Gasteiger charge is -2.28. The lowest BCUT2D eigenvalue weighted by molar-refractivity contribution is -0.157. The molecule has 0 radical (unpaired) electrons. The monoisotopic (exact) mass is 285 g/mol. The van der Waals surface area contributed by atoms with Crippen LogP contribution in [-0.2, 0) is 18.9 Å². The average Bonchev–Trinajstić information content (AvgIpc) is 2.93. The molecule has 0 unspecified atom stereocenters. The summed E-state index contributed by atoms with van der Waals surface area (Å²) in [5.41, 5.74) is 0. The van der Waals surface area contributed by atoms with Gasteiger partial charge in [-0.2, -0.15) is 0 Å². The van der Waals surface area contributed by atoms with E-state index in [1.165, 1.54) is 0 Å². The van der Waals surface area contributed by atoms with Crippen molar-refractivity contribution in [1.29, 1.82) is 0 Å². The summed E-state index contributed by atoms with van der Waals surface area (Å²) in [6, 6.07) is 0. The fourth-order valence-electron chi connectivity index (χ4n) is 2.81. The molecule has 0 saturated carbocycles. The van der Waals surface area contributed by atoms with Gasteiger partial charge in [-0.15, -0.1) is 0 Å². The standard InChI is InChI=1S/C14H23NO5/c1-14(2)18-9-12(20-14)13-11(16)7-10(19-13)8-15-3-5-17-6-4-15/h7,11-13,16H,3-6,8-9H2,1-2H3/t11-,12-,13+/m1/s1. The van der Waals surface area contributed by atoms with Gasteiger partial charge in [-0.3, -0.25) is 4.90 Å². The third kappa shape index (κ3) is 3.15. The van der Waals surface area contributed by atoms with E-state index in [0.29, 0.717) is 13.2 Å². The van der Waals surface area contributed by atoms with Crippen LogP contribution in [0, 0.1) is 0 Å². The maximum Gasteiger partial charge on any atom is 0.163 e. The van der Waals surface area contributed by atoms with E-state index in [1.807, 2.05) is 13.8 Å². The molecule has 3 aliphatic rings. The first kappa shape index (κ1) is 14.3. The molecule has 3 rings (SSSR count). The highest BCUT2D eigenvalue weighted by Crippen LogP contribution is 2.31. The molecule has 0 spiro atoms. The smallest absolute Gasteiger partial charge is 0.163 e. The number of nitrogens with zero attached hydrogens (tertiary/aromatic N) is 1. The Balaban J connectivity index is 1.54. The highest BCUT2D eigenvalue weighted by atomic mass is 16.8. The zero-order chi connectivity index (χ0) is 14.2. The Morgan fingerprint density at radius 1 is 1.35 bits per heavy atom. The average molecular weight is 285 g/mol. The Hall–Kier alpha value is -0.660. The second kappa shape index (κ2) is 5.61. The first-order chi connectivity index (χ1) is 9.53. The molecule has 114 valence electrons. The van der Waals surface area contributed by atoms with Crippen LogP contribution >= 0.6 is 0 Å². The number of morpholine rings is 1. The third-order valence-corrected chi connectivity index (χ3v) is 3.86. The van der Waals surface area contributed by atoms with Crippen LogP contribution in [0.3, 0.4) is 0 Å². The highest BCUT2D eigenvalue weighted by molar-refractivity contribution is 5.11. The molecule has 0 aromatic rings. The van der Waals surface area contributed by atoms with Crippen molar-refractivity contribution in [1.82, 2.24) is 4.90 Å². The molecule has 6 nitrogen and oxygen atoms in total.